The Hall–Kier alpha value is -3.35. The van der Waals surface area contributed by atoms with Crippen molar-refractivity contribution < 1.29 is 9.59 Å². The number of hydrogen-bond donors (Lipinski definition) is 2. The molecule has 1 aliphatic heterocycles. The number of para-hydroxylation sites is 3. The Balaban J connectivity index is 1.32. The molecule has 0 bridgehead atoms. The highest BCUT2D eigenvalue weighted by molar-refractivity contribution is 5.90. The lowest BCUT2D eigenvalue weighted by molar-refractivity contribution is -0.122. The van der Waals surface area contributed by atoms with E-state index in [1.54, 1.807) is 15.9 Å². The number of rotatable bonds is 3. The fraction of sp³-hybridized carbons (Fsp3) is 0.250. The van der Waals surface area contributed by atoms with Gasteiger partial charge in [-0.15, -0.1) is 0 Å². The molecule has 1 fully saturated rings. The van der Waals surface area contributed by atoms with Crippen molar-refractivity contribution in [2.24, 2.45) is 5.92 Å². The van der Waals surface area contributed by atoms with E-state index in [1.807, 2.05) is 54.6 Å². The number of imidazole rings is 1. The van der Waals surface area contributed by atoms with Gasteiger partial charge in [-0.05, 0) is 37.1 Å². The van der Waals surface area contributed by atoms with Gasteiger partial charge in [-0.25, -0.2) is 14.5 Å². The lowest BCUT2D eigenvalue weighted by Crippen LogP contribution is -2.44. The highest BCUT2D eigenvalue weighted by Crippen LogP contribution is 2.19. The Labute approximate surface area is 157 Å². The maximum absolute atomic E-state index is 12.6. The van der Waals surface area contributed by atoms with Crippen molar-refractivity contribution in [3.63, 3.8) is 0 Å². The van der Waals surface area contributed by atoms with E-state index in [2.05, 4.69) is 15.7 Å². The third-order valence-corrected chi connectivity index (χ3v) is 4.86. The van der Waals surface area contributed by atoms with Crippen LogP contribution < -0.4 is 10.7 Å². The van der Waals surface area contributed by atoms with Gasteiger partial charge in [-0.1, -0.05) is 30.3 Å². The molecule has 3 aromatic rings. The summed E-state index contributed by atoms with van der Waals surface area (Å²) in [5, 5.41) is 2.89. The van der Waals surface area contributed by atoms with Gasteiger partial charge < -0.3 is 10.2 Å². The van der Waals surface area contributed by atoms with Crippen LogP contribution in [0, 0.1) is 5.92 Å². The third kappa shape index (κ3) is 3.76. The summed E-state index contributed by atoms with van der Waals surface area (Å²) in [5.74, 6) is -0.159. The second kappa shape index (κ2) is 7.49. The molecule has 27 heavy (non-hydrogen) atoms. The number of likely N-dealkylation sites (tertiary alicyclic amines) is 1. The molecule has 3 amide bonds. The van der Waals surface area contributed by atoms with Crippen LogP contribution in [0.15, 0.2) is 60.9 Å². The van der Waals surface area contributed by atoms with E-state index in [4.69, 9.17) is 0 Å². The minimum Gasteiger partial charge on any atom is -0.324 e. The highest BCUT2D eigenvalue weighted by Gasteiger charge is 2.27. The Morgan fingerprint density at radius 1 is 0.963 bits per heavy atom. The average molecular weight is 363 g/mol. The van der Waals surface area contributed by atoms with Crippen LogP contribution in [-0.4, -0.2) is 39.6 Å². The second-order valence-electron chi connectivity index (χ2n) is 6.64. The van der Waals surface area contributed by atoms with Crippen molar-refractivity contribution in [2.45, 2.75) is 12.8 Å². The minimum absolute atomic E-state index is 0.0405. The van der Waals surface area contributed by atoms with Crippen LogP contribution in [0.2, 0.25) is 0 Å². The van der Waals surface area contributed by atoms with Crippen LogP contribution in [0.4, 0.5) is 10.5 Å². The van der Waals surface area contributed by atoms with Crippen molar-refractivity contribution in [1.82, 2.24) is 14.6 Å². The summed E-state index contributed by atoms with van der Waals surface area (Å²) >= 11 is 0. The fourth-order valence-corrected chi connectivity index (χ4v) is 3.33. The van der Waals surface area contributed by atoms with Crippen LogP contribution in [0.1, 0.15) is 12.8 Å². The summed E-state index contributed by atoms with van der Waals surface area (Å²) in [6, 6.07) is 16.9. The molecule has 0 radical (unpaired) electrons. The summed E-state index contributed by atoms with van der Waals surface area (Å²) < 4.78 is 1.66. The minimum atomic E-state index is -0.124. The molecule has 138 valence electrons. The molecule has 1 aliphatic rings. The Bertz CT molecular complexity index is 945. The topological polar surface area (TPSA) is 79.3 Å². The Morgan fingerprint density at radius 2 is 1.67 bits per heavy atom. The fourth-order valence-electron chi connectivity index (χ4n) is 3.33. The van der Waals surface area contributed by atoms with Crippen LogP contribution >= 0.6 is 0 Å². The van der Waals surface area contributed by atoms with E-state index in [0.717, 1.165) is 16.7 Å². The number of amides is 3. The predicted octanol–water partition coefficient (Wildman–Crippen LogP) is 3.05. The second-order valence-corrected chi connectivity index (χ2v) is 6.64. The van der Waals surface area contributed by atoms with Gasteiger partial charge in [0.25, 0.3) is 0 Å². The van der Waals surface area contributed by atoms with Gasteiger partial charge in [0, 0.05) is 24.7 Å². The van der Waals surface area contributed by atoms with E-state index in [-0.39, 0.29) is 17.9 Å². The molecule has 0 spiro atoms. The molecular formula is C20H21N5O2. The number of fused-ring (bicyclic) bond motifs is 1. The number of urea groups is 1. The van der Waals surface area contributed by atoms with Gasteiger partial charge >= 0.3 is 6.03 Å². The van der Waals surface area contributed by atoms with E-state index >= 15 is 0 Å². The molecular weight excluding hydrogens is 342 g/mol. The van der Waals surface area contributed by atoms with Gasteiger partial charge in [0.05, 0.1) is 11.0 Å². The zero-order valence-electron chi connectivity index (χ0n) is 14.8. The van der Waals surface area contributed by atoms with Gasteiger partial charge in [-0.2, -0.15) is 0 Å². The van der Waals surface area contributed by atoms with Crippen molar-refractivity contribution in [3.05, 3.63) is 60.9 Å². The zero-order chi connectivity index (χ0) is 18.6. The summed E-state index contributed by atoms with van der Waals surface area (Å²) in [6.45, 7) is 1.11. The van der Waals surface area contributed by atoms with Crippen LogP contribution in [0.3, 0.4) is 0 Å². The van der Waals surface area contributed by atoms with E-state index < -0.39 is 0 Å². The van der Waals surface area contributed by atoms with Gasteiger partial charge in [0.2, 0.25) is 5.91 Å². The Kier molecular flexibility index (Phi) is 4.74. The monoisotopic (exact) mass is 363 g/mol. The number of piperidine rings is 1. The first-order valence-electron chi connectivity index (χ1n) is 9.04. The molecule has 0 aliphatic carbocycles. The first kappa shape index (κ1) is 17.1. The highest BCUT2D eigenvalue weighted by atomic mass is 16.2. The molecule has 2 N–H and O–H groups in total. The summed E-state index contributed by atoms with van der Waals surface area (Å²) in [6.07, 6.45) is 2.90. The lowest BCUT2D eigenvalue weighted by Gasteiger charge is -2.31. The molecule has 2 heterocycles. The third-order valence-electron chi connectivity index (χ3n) is 4.86. The van der Waals surface area contributed by atoms with Crippen LogP contribution in [0.25, 0.3) is 11.0 Å². The maximum Gasteiger partial charge on any atom is 0.321 e. The Morgan fingerprint density at radius 3 is 2.44 bits per heavy atom. The largest absolute Gasteiger partial charge is 0.324 e. The zero-order valence-corrected chi connectivity index (χ0v) is 14.8. The van der Waals surface area contributed by atoms with Gasteiger partial charge in [0.15, 0.2) is 0 Å². The molecule has 0 atom stereocenters. The first-order chi connectivity index (χ1) is 13.2. The number of nitrogens with one attached hydrogen (secondary N) is 2. The van der Waals surface area contributed by atoms with Crippen LogP contribution in [-0.2, 0) is 4.79 Å². The number of carbonyl (C=O) groups is 2. The number of benzene rings is 2. The summed E-state index contributed by atoms with van der Waals surface area (Å²) in [7, 11) is 0. The lowest BCUT2D eigenvalue weighted by atomic mass is 9.96. The molecule has 7 nitrogen and oxygen atoms in total. The van der Waals surface area contributed by atoms with Crippen molar-refractivity contribution in [1.29, 1.82) is 0 Å². The van der Waals surface area contributed by atoms with E-state index in [9.17, 15) is 9.59 Å². The standard InChI is InChI=1S/C20H21N5O2/c26-19(23-25-14-21-17-8-4-5-9-18(17)25)15-10-12-24(13-11-15)20(27)22-16-6-2-1-3-7-16/h1-9,14-15H,10-13H2,(H,22,27)(H,23,26). The quantitative estimate of drug-likeness (QED) is 0.751. The molecule has 0 unspecified atom stereocenters. The molecule has 4 rings (SSSR count). The number of carbonyl (C=O) groups excluding carboxylic acids is 2. The summed E-state index contributed by atoms with van der Waals surface area (Å²) in [4.78, 5) is 31.0. The maximum atomic E-state index is 12.6. The number of aromatic nitrogens is 2. The SMILES string of the molecule is O=C(Nn1cnc2ccccc21)C1CCN(C(=O)Nc2ccccc2)CC1. The predicted molar refractivity (Wildman–Crippen MR) is 104 cm³/mol. The number of anilines is 1. The first-order valence-corrected chi connectivity index (χ1v) is 9.04. The molecule has 2 aromatic carbocycles. The molecule has 1 saturated heterocycles. The smallest absolute Gasteiger partial charge is 0.321 e. The number of hydrogen-bond acceptors (Lipinski definition) is 3. The van der Waals surface area contributed by atoms with Crippen molar-refractivity contribution in [3.8, 4) is 0 Å². The molecule has 0 saturated carbocycles. The van der Waals surface area contributed by atoms with Crippen molar-refractivity contribution >= 4 is 28.7 Å². The average Bonchev–Trinajstić information content (AvgIpc) is 3.12. The normalized spacial score (nSPS) is 14.9. The van der Waals surface area contributed by atoms with E-state index in [0.29, 0.717) is 25.9 Å². The molecule has 1 aromatic heterocycles. The van der Waals surface area contributed by atoms with E-state index in [1.165, 1.54) is 0 Å². The summed E-state index contributed by atoms with van der Waals surface area (Å²) in [5.41, 5.74) is 5.39. The van der Waals surface area contributed by atoms with Gasteiger partial charge in [-0.3, -0.25) is 10.2 Å². The van der Waals surface area contributed by atoms with Gasteiger partial charge in [0.1, 0.15) is 6.33 Å². The van der Waals surface area contributed by atoms with Crippen LogP contribution in [0.5, 0.6) is 0 Å². The van der Waals surface area contributed by atoms with Crippen molar-refractivity contribution in [2.75, 3.05) is 23.8 Å². The molecule has 7 heteroatoms. The number of nitrogens with zero attached hydrogens (tertiary/aromatic N) is 3.